The van der Waals surface area contributed by atoms with E-state index >= 15 is 0 Å². The zero-order chi connectivity index (χ0) is 19.3. The molecular formula is C23H27FN2O2. The van der Waals surface area contributed by atoms with E-state index in [9.17, 15) is 4.39 Å². The highest BCUT2D eigenvalue weighted by atomic mass is 19.1. The zero-order valence-electron chi connectivity index (χ0n) is 16.1. The fraction of sp³-hybridized carbons (Fsp3) is 0.391. The van der Waals surface area contributed by atoms with E-state index in [0.717, 1.165) is 44.6 Å². The van der Waals surface area contributed by atoms with Gasteiger partial charge < -0.3 is 19.3 Å². The van der Waals surface area contributed by atoms with Gasteiger partial charge in [-0.05, 0) is 60.5 Å². The molecule has 0 radical (unpaired) electrons. The summed E-state index contributed by atoms with van der Waals surface area (Å²) in [4.78, 5) is 2.50. The average molecular weight is 382 g/mol. The molecule has 0 unspecified atom stereocenters. The smallest absolute Gasteiger partial charge is 0.123 e. The predicted molar refractivity (Wildman–Crippen MR) is 109 cm³/mol. The molecule has 1 aromatic heterocycles. The molecule has 2 aromatic carbocycles. The van der Waals surface area contributed by atoms with Crippen LogP contribution in [-0.2, 0) is 6.42 Å². The fourth-order valence-corrected chi connectivity index (χ4v) is 4.06. The van der Waals surface area contributed by atoms with Crippen LogP contribution in [0.4, 0.5) is 4.39 Å². The minimum atomic E-state index is -0.173. The van der Waals surface area contributed by atoms with E-state index in [1.165, 1.54) is 28.6 Å². The lowest BCUT2D eigenvalue weighted by atomic mass is 10.0. The Morgan fingerprint density at radius 2 is 1.82 bits per heavy atom. The summed E-state index contributed by atoms with van der Waals surface area (Å²) in [7, 11) is 0. The first-order valence-electron chi connectivity index (χ1n) is 10.0. The first-order chi connectivity index (χ1) is 13.7. The third-order valence-corrected chi connectivity index (χ3v) is 5.64. The van der Waals surface area contributed by atoms with Crippen molar-refractivity contribution in [3.05, 3.63) is 66.1 Å². The maximum Gasteiger partial charge on any atom is 0.123 e. The van der Waals surface area contributed by atoms with Crippen molar-refractivity contribution in [3.63, 3.8) is 0 Å². The summed E-state index contributed by atoms with van der Waals surface area (Å²) in [6.45, 7) is 3.51. The van der Waals surface area contributed by atoms with Crippen molar-refractivity contribution in [2.75, 3.05) is 32.8 Å². The molecule has 1 fully saturated rings. The Kier molecular flexibility index (Phi) is 5.93. The molecule has 1 aliphatic heterocycles. The Labute approximate surface area is 165 Å². The molecule has 0 amide bonds. The highest BCUT2D eigenvalue weighted by Crippen LogP contribution is 2.30. The second-order valence-corrected chi connectivity index (χ2v) is 7.46. The lowest BCUT2D eigenvalue weighted by Crippen LogP contribution is -2.35. The average Bonchev–Trinajstić information content (AvgIpc) is 3.15. The number of fused-ring (bicyclic) bond motifs is 1. The van der Waals surface area contributed by atoms with Crippen molar-refractivity contribution in [1.82, 2.24) is 9.47 Å². The number of rotatable bonds is 7. The minimum absolute atomic E-state index is 0.0232. The molecule has 0 spiro atoms. The number of likely N-dealkylation sites (tertiary alicyclic amines) is 1. The second-order valence-electron chi connectivity index (χ2n) is 7.46. The maximum atomic E-state index is 13.0. The van der Waals surface area contributed by atoms with Crippen LogP contribution in [0.3, 0.4) is 0 Å². The molecule has 3 aromatic rings. The molecule has 4 rings (SSSR count). The summed E-state index contributed by atoms with van der Waals surface area (Å²) < 4.78 is 21.0. The van der Waals surface area contributed by atoms with Crippen LogP contribution in [0.2, 0.25) is 0 Å². The van der Waals surface area contributed by atoms with Crippen LogP contribution in [0.5, 0.6) is 5.75 Å². The van der Waals surface area contributed by atoms with Gasteiger partial charge in [-0.2, -0.15) is 0 Å². The number of hydrogen-bond donors (Lipinski definition) is 1. The van der Waals surface area contributed by atoms with Crippen molar-refractivity contribution in [1.29, 1.82) is 0 Å². The largest absolute Gasteiger partial charge is 0.491 e. The van der Waals surface area contributed by atoms with E-state index in [4.69, 9.17) is 9.84 Å². The van der Waals surface area contributed by atoms with Crippen molar-refractivity contribution in [2.45, 2.75) is 25.3 Å². The molecule has 0 atom stereocenters. The van der Waals surface area contributed by atoms with Gasteiger partial charge in [-0.3, -0.25) is 0 Å². The quantitative estimate of drug-likeness (QED) is 0.670. The van der Waals surface area contributed by atoms with Crippen LogP contribution in [0.1, 0.15) is 24.4 Å². The number of hydrogen-bond acceptors (Lipinski definition) is 3. The normalized spacial score (nSPS) is 15.9. The number of benzene rings is 2. The van der Waals surface area contributed by atoms with Gasteiger partial charge in [0.2, 0.25) is 0 Å². The Morgan fingerprint density at radius 1 is 1.04 bits per heavy atom. The van der Waals surface area contributed by atoms with E-state index in [1.807, 2.05) is 18.2 Å². The molecule has 5 heteroatoms. The highest BCUT2D eigenvalue weighted by Gasteiger charge is 2.21. The van der Waals surface area contributed by atoms with Gasteiger partial charge in [0.15, 0.2) is 0 Å². The zero-order valence-corrected chi connectivity index (χ0v) is 16.1. The molecule has 1 saturated heterocycles. The molecule has 0 saturated carbocycles. The van der Waals surface area contributed by atoms with Gasteiger partial charge in [-0.25, -0.2) is 4.39 Å². The van der Waals surface area contributed by atoms with Crippen LogP contribution in [0.15, 0.2) is 54.7 Å². The van der Waals surface area contributed by atoms with Gasteiger partial charge in [0.05, 0.1) is 12.1 Å². The summed E-state index contributed by atoms with van der Waals surface area (Å²) >= 11 is 0. The lowest BCUT2D eigenvalue weighted by molar-refractivity contribution is 0.190. The molecule has 28 heavy (non-hydrogen) atoms. The monoisotopic (exact) mass is 382 g/mol. The minimum Gasteiger partial charge on any atom is -0.491 e. The third-order valence-electron chi connectivity index (χ3n) is 5.64. The molecule has 2 heterocycles. The SMILES string of the molecule is OCCOc1ccc2ccn(C3CCN(CCc4ccc(F)cc4)CC3)c2c1. The summed E-state index contributed by atoms with van der Waals surface area (Å²) in [6, 6.07) is 15.6. The molecule has 4 nitrogen and oxygen atoms in total. The number of nitrogens with zero attached hydrogens (tertiary/aromatic N) is 2. The second kappa shape index (κ2) is 8.76. The van der Waals surface area contributed by atoms with Gasteiger partial charge in [-0.15, -0.1) is 0 Å². The van der Waals surface area contributed by atoms with Crippen molar-refractivity contribution >= 4 is 10.9 Å². The van der Waals surface area contributed by atoms with Gasteiger partial charge >= 0.3 is 0 Å². The van der Waals surface area contributed by atoms with E-state index in [2.05, 4.69) is 33.9 Å². The van der Waals surface area contributed by atoms with Crippen LogP contribution in [0, 0.1) is 5.82 Å². The van der Waals surface area contributed by atoms with Gasteiger partial charge in [0.1, 0.15) is 18.2 Å². The van der Waals surface area contributed by atoms with Crippen LogP contribution in [-0.4, -0.2) is 47.4 Å². The molecule has 1 N–H and O–H groups in total. The summed E-state index contributed by atoms with van der Waals surface area (Å²) in [6.07, 6.45) is 5.38. The van der Waals surface area contributed by atoms with E-state index in [-0.39, 0.29) is 12.4 Å². The topological polar surface area (TPSA) is 37.6 Å². The standard InChI is InChI=1S/C23H27FN2O2/c24-20-4-1-18(2-5-20)7-11-25-12-9-21(10-13-25)26-14-8-19-3-6-22(17-23(19)26)28-16-15-27/h1-6,8,14,17,21,27H,7,9-13,15-16H2. The van der Waals surface area contributed by atoms with E-state index < -0.39 is 0 Å². The molecule has 148 valence electrons. The Hall–Kier alpha value is -2.37. The molecular weight excluding hydrogens is 355 g/mol. The van der Waals surface area contributed by atoms with Gasteiger partial charge in [-0.1, -0.05) is 12.1 Å². The summed E-state index contributed by atoms with van der Waals surface area (Å²) in [5.41, 5.74) is 2.38. The van der Waals surface area contributed by atoms with Crippen molar-refractivity contribution < 1.29 is 14.2 Å². The first kappa shape index (κ1) is 19.0. The number of ether oxygens (including phenoxy) is 1. The molecule has 0 bridgehead atoms. The van der Waals surface area contributed by atoms with Crippen LogP contribution < -0.4 is 4.74 Å². The fourth-order valence-electron chi connectivity index (χ4n) is 4.06. The predicted octanol–water partition coefficient (Wildman–Crippen LogP) is 4.03. The van der Waals surface area contributed by atoms with Crippen molar-refractivity contribution in [2.24, 2.45) is 0 Å². The van der Waals surface area contributed by atoms with E-state index in [1.54, 1.807) is 0 Å². The molecule has 0 aliphatic carbocycles. The Balaban J connectivity index is 1.36. The Bertz CT molecular complexity index is 899. The van der Waals surface area contributed by atoms with Crippen LogP contribution in [0.25, 0.3) is 10.9 Å². The number of aliphatic hydroxyl groups excluding tert-OH is 1. The summed E-state index contributed by atoms with van der Waals surface area (Å²) in [5, 5.41) is 10.2. The number of aromatic nitrogens is 1. The summed E-state index contributed by atoms with van der Waals surface area (Å²) in [5.74, 6) is 0.631. The number of aliphatic hydroxyl groups is 1. The maximum absolute atomic E-state index is 13.0. The van der Waals surface area contributed by atoms with E-state index in [0.29, 0.717) is 12.6 Å². The Morgan fingerprint density at radius 3 is 2.57 bits per heavy atom. The number of halogens is 1. The van der Waals surface area contributed by atoms with Crippen LogP contribution >= 0.6 is 0 Å². The molecule has 1 aliphatic rings. The number of piperidine rings is 1. The van der Waals surface area contributed by atoms with Crippen molar-refractivity contribution in [3.8, 4) is 5.75 Å². The first-order valence-corrected chi connectivity index (χ1v) is 10.0. The lowest BCUT2D eigenvalue weighted by Gasteiger charge is -2.33. The highest BCUT2D eigenvalue weighted by molar-refractivity contribution is 5.81. The van der Waals surface area contributed by atoms with Gasteiger partial charge in [0, 0.05) is 37.9 Å². The van der Waals surface area contributed by atoms with Gasteiger partial charge in [0.25, 0.3) is 0 Å². The third kappa shape index (κ3) is 4.37.